The highest BCUT2D eigenvalue weighted by Gasteiger charge is 2.17. The number of thiol groups is 2. The predicted molar refractivity (Wildman–Crippen MR) is 94.9 cm³/mol. The molecule has 98 valence electrons. The summed E-state index contributed by atoms with van der Waals surface area (Å²) in [5, 5.41) is 0. The third-order valence-electron chi connectivity index (χ3n) is 2.79. The minimum Gasteiger partial charge on any atom is -0.141 e. The summed E-state index contributed by atoms with van der Waals surface area (Å²) < 4.78 is 0. The van der Waals surface area contributed by atoms with Crippen LogP contribution in [0.3, 0.4) is 0 Å². The van der Waals surface area contributed by atoms with Gasteiger partial charge in [0.05, 0.1) is 9.75 Å². The zero-order valence-corrected chi connectivity index (χ0v) is 14.7. The molecule has 3 rings (SSSR count). The van der Waals surface area contributed by atoms with Gasteiger partial charge >= 0.3 is 0 Å². The van der Waals surface area contributed by atoms with Crippen LogP contribution in [-0.4, -0.2) is 0 Å². The molecule has 0 radical (unpaired) electrons. The van der Waals surface area contributed by atoms with Gasteiger partial charge < -0.3 is 0 Å². The van der Waals surface area contributed by atoms with Crippen LogP contribution in [0.5, 0.6) is 0 Å². The SMILES string of the molecule is Cc1ccc(-c2sc(-c3ccc(C)s3)c(S)c2S)s1. The van der Waals surface area contributed by atoms with Crippen LogP contribution < -0.4 is 0 Å². The topological polar surface area (TPSA) is 0 Å². The minimum atomic E-state index is 0.997. The quantitative estimate of drug-likeness (QED) is 0.495. The summed E-state index contributed by atoms with van der Waals surface area (Å²) in [6.45, 7) is 4.26. The fraction of sp³-hybridized carbons (Fsp3) is 0.143. The number of thiophene rings is 3. The lowest BCUT2D eigenvalue weighted by Gasteiger charge is -1.94. The first kappa shape index (κ1) is 13.8. The molecule has 19 heavy (non-hydrogen) atoms. The zero-order chi connectivity index (χ0) is 13.6. The second-order valence-electron chi connectivity index (χ2n) is 4.28. The average molecular weight is 341 g/mol. The van der Waals surface area contributed by atoms with Crippen molar-refractivity contribution in [1.29, 1.82) is 0 Å². The Morgan fingerprint density at radius 2 is 1.11 bits per heavy atom. The van der Waals surface area contributed by atoms with Crippen LogP contribution in [0.2, 0.25) is 0 Å². The van der Waals surface area contributed by atoms with E-state index in [1.807, 2.05) is 22.7 Å². The molecule has 0 aromatic carbocycles. The summed E-state index contributed by atoms with van der Waals surface area (Å²) >= 11 is 14.7. The molecule has 0 aliphatic carbocycles. The van der Waals surface area contributed by atoms with Gasteiger partial charge in [-0.05, 0) is 38.1 Å². The smallest absolute Gasteiger partial charge is 0.0594 e. The summed E-state index contributed by atoms with van der Waals surface area (Å²) in [6.07, 6.45) is 0. The van der Waals surface area contributed by atoms with Crippen molar-refractivity contribution in [3.05, 3.63) is 34.0 Å². The number of aryl methyl sites for hydroxylation is 2. The molecule has 0 unspecified atom stereocenters. The van der Waals surface area contributed by atoms with Crippen molar-refractivity contribution in [2.75, 3.05) is 0 Å². The Bertz CT molecular complexity index is 668. The molecule has 0 saturated carbocycles. The van der Waals surface area contributed by atoms with E-state index in [0.29, 0.717) is 0 Å². The molecule has 0 aliphatic rings. The average Bonchev–Trinajstić information content (AvgIpc) is 3.03. The molecular weight excluding hydrogens is 328 g/mol. The van der Waals surface area contributed by atoms with Crippen molar-refractivity contribution < 1.29 is 0 Å². The highest BCUT2D eigenvalue weighted by atomic mass is 32.1. The van der Waals surface area contributed by atoms with E-state index in [2.05, 4.69) is 63.4 Å². The predicted octanol–water partition coefficient (Wildman–Crippen LogP) is 6.40. The van der Waals surface area contributed by atoms with Crippen molar-refractivity contribution in [3.63, 3.8) is 0 Å². The van der Waals surface area contributed by atoms with Crippen LogP contribution >= 0.6 is 59.3 Å². The van der Waals surface area contributed by atoms with Gasteiger partial charge in [0.15, 0.2) is 0 Å². The Balaban J connectivity index is 2.14. The molecule has 0 aliphatic heterocycles. The Hall–Kier alpha value is -0.200. The largest absolute Gasteiger partial charge is 0.141 e. The van der Waals surface area contributed by atoms with Gasteiger partial charge in [0, 0.05) is 29.3 Å². The molecule has 0 fully saturated rings. The lowest BCUT2D eigenvalue weighted by Crippen LogP contribution is -1.67. The Morgan fingerprint density at radius 1 is 0.684 bits per heavy atom. The van der Waals surface area contributed by atoms with E-state index in [1.54, 1.807) is 11.3 Å². The number of rotatable bonds is 2. The van der Waals surface area contributed by atoms with Crippen LogP contribution in [0.25, 0.3) is 19.5 Å². The molecule has 3 heterocycles. The van der Waals surface area contributed by atoms with Gasteiger partial charge in [-0.2, -0.15) is 0 Å². The van der Waals surface area contributed by atoms with Crippen LogP contribution in [0.4, 0.5) is 0 Å². The molecule has 0 amide bonds. The molecular formula is C14H12S5. The summed E-state index contributed by atoms with van der Waals surface area (Å²) in [4.78, 5) is 9.66. The first-order valence-electron chi connectivity index (χ1n) is 5.74. The molecule has 0 bridgehead atoms. The lowest BCUT2D eigenvalue weighted by molar-refractivity contribution is 1.37. The maximum Gasteiger partial charge on any atom is 0.0594 e. The standard InChI is InChI=1S/C14H12S5/c1-7-3-5-9(17-7)13-11(15)12(16)14(19-13)10-6-4-8(2)18-10/h3-6,15-16H,1-2H3. The number of hydrogen-bond acceptors (Lipinski definition) is 5. The highest BCUT2D eigenvalue weighted by molar-refractivity contribution is 7.84. The van der Waals surface area contributed by atoms with E-state index < -0.39 is 0 Å². The molecule has 0 nitrogen and oxygen atoms in total. The Kier molecular flexibility index (Phi) is 3.84. The van der Waals surface area contributed by atoms with Gasteiger partial charge in [-0.3, -0.25) is 0 Å². The maximum absolute atomic E-state index is 4.66. The normalized spacial score (nSPS) is 11.2. The lowest BCUT2D eigenvalue weighted by atomic mass is 10.3. The van der Waals surface area contributed by atoms with Gasteiger partial charge in [0.1, 0.15) is 0 Å². The fourth-order valence-corrected chi connectivity index (χ4v) is 5.97. The van der Waals surface area contributed by atoms with E-state index in [0.717, 1.165) is 9.79 Å². The van der Waals surface area contributed by atoms with E-state index >= 15 is 0 Å². The van der Waals surface area contributed by atoms with Crippen molar-refractivity contribution in [2.24, 2.45) is 0 Å². The van der Waals surface area contributed by atoms with Gasteiger partial charge in [0.2, 0.25) is 0 Å². The van der Waals surface area contributed by atoms with Crippen LogP contribution in [0.15, 0.2) is 34.1 Å². The van der Waals surface area contributed by atoms with Gasteiger partial charge in [-0.1, -0.05) is 0 Å². The van der Waals surface area contributed by atoms with Gasteiger partial charge in [-0.25, -0.2) is 0 Å². The molecule has 0 N–H and O–H groups in total. The summed E-state index contributed by atoms with van der Waals surface area (Å²) in [6, 6.07) is 8.64. The van der Waals surface area contributed by atoms with E-state index in [9.17, 15) is 0 Å². The molecule has 0 saturated heterocycles. The zero-order valence-electron chi connectivity index (χ0n) is 10.4. The Labute approximate surface area is 136 Å². The van der Waals surface area contributed by atoms with Crippen molar-refractivity contribution >= 4 is 59.3 Å². The monoisotopic (exact) mass is 340 g/mol. The third kappa shape index (κ3) is 2.54. The van der Waals surface area contributed by atoms with E-state index in [-0.39, 0.29) is 0 Å². The Morgan fingerprint density at radius 3 is 1.42 bits per heavy atom. The van der Waals surface area contributed by atoms with Crippen LogP contribution in [0.1, 0.15) is 9.75 Å². The van der Waals surface area contributed by atoms with E-state index in [1.165, 1.54) is 29.3 Å². The fourth-order valence-electron chi connectivity index (χ4n) is 1.86. The third-order valence-corrected chi connectivity index (χ3v) is 7.71. The van der Waals surface area contributed by atoms with Crippen molar-refractivity contribution in [3.8, 4) is 19.5 Å². The minimum absolute atomic E-state index is 0.997. The van der Waals surface area contributed by atoms with E-state index in [4.69, 9.17) is 0 Å². The molecule has 3 aromatic rings. The van der Waals surface area contributed by atoms with Crippen molar-refractivity contribution in [1.82, 2.24) is 0 Å². The maximum atomic E-state index is 4.66. The summed E-state index contributed by atoms with van der Waals surface area (Å²) in [5.74, 6) is 0. The summed E-state index contributed by atoms with van der Waals surface area (Å²) in [7, 11) is 0. The van der Waals surface area contributed by atoms with Gasteiger partial charge in [-0.15, -0.1) is 59.3 Å². The molecule has 3 aromatic heterocycles. The molecule has 0 spiro atoms. The summed E-state index contributed by atoms with van der Waals surface area (Å²) in [5.41, 5.74) is 0. The van der Waals surface area contributed by atoms with Gasteiger partial charge in [0.25, 0.3) is 0 Å². The highest BCUT2D eigenvalue weighted by Crippen LogP contribution is 2.48. The molecule has 5 heteroatoms. The first-order chi connectivity index (χ1) is 9.06. The number of hydrogen-bond donors (Lipinski definition) is 2. The second-order valence-corrected chi connectivity index (χ2v) is 8.77. The first-order valence-corrected chi connectivity index (χ1v) is 9.09. The van der Waals surface area contributed by atoms with Crippen LogP contribution in [0, 0.1) is 13.8 Å². The second kappa shape index (κ2) is 5.30. The molecule has 0 atom stereocenters. The van der Waals surface area contributed by atoms with Crippen LogP contribution in [-0.2, 0) is 0 Å². The van der Waals surface area contributed by atoms with Crippen molar-refractivity contribution in [2.45, 2.75) is 23.6 Å².